The molecule has 0 bridgehead atoms. The molecule has 6 heteroatoms. The molecule has 1 N–H and O–H groups in total. The zero-order chi connectivity index (χ0) is 16.9. The number of hydrogen-bond donors (Lipinski definition) is 1. The molecular formula is C18H27N3O2S. The number of urea groups is 1. The van der Waals surface area contributed by atoms with Crippen LogP contribution in [0.3, 0.4) is 0 Å². The van der Waals surface area contributed by atoms with Crippen molar-refractivity contribution in [3.05, 3.63) is 34.5 Å². The largest absolute Gasteiger partial charge is 0.369 e. The van der Waals surface area contributed by atoms with Crippen molar-refractivity contribution in [2.24, 2.45) is 0 Å². The van der Waals surface area contributed by atoms with Gasteiger partial charge in [-0.3, -0.25) is 4.90 Å². The van der Waals surface area contributed by atoms with Crippen LogP contribution in [0.1, 0.15) is 30.7 Å². The first-order chi connectivity index (χ1) is 11.6. The summed E-state index contributed by atoms with van der Waals surface area (Å²) in [4.78, 5) is 18.1. The van der Waals surface area contributed by atoms with Crippen molar-refractivity contribution in [2.45, 2.75) is 31.9 Å². The summed E-state index contributed by atoms with van der Waals surface area (Å²) in [7, 11) is 0. The summed E-state index contributed by atoms with van der Waals surface area (Å²) >= 11 is 1.69. The van der Waals surface area contributed by atoms with Crippen LogP contribution in [0.25, 0.3) is 0 Å². The Morgan fingerprint density at radius 1 is 1.42 bits per heavy atom. The van der Waals surface area contributed by atoms with E-state index in [2.05, 4.69) is 35.2 Å². The maximum absolute atomic E-state index is 12.6. The SMILES string of the molecule is C=C(C)CN1CCC(NC(=O)N2CCO[C@H](c3cccs3)C2)CC1. The van der Waals surface area contributed by atoms with Gasteiger partial charge < -0.3 is 15.0 Å². The molecule has 132 valence electrons. The molecule has 5 nitrogen and oxygen atoms in total. The Balaban J connectivity index is 1.46. The molecule has 0 spiro atoms. The van der Waals surface area contributed by atoms with Crippen molar-refractivity contribution in [3.63, 3.8) is 0 Å². The zero-order valence-corrected chi connectivity index (χ0v) is 15.2. The highest BCUT2D eigenvalue weighted by molar-refractivity contribution is 7.10. The van der Waals surface area contributed by atoms with Gasteiger partial charge in [0.05, 0.1) is 13.2 Å². The summed E-state index contributed by atoms with van der Waals surface area (Å²) in [6.45, 7) is 11.0. The quantitative estimate of drug-likeness (QED) is 0.850. The Bertz CT molecular complexity index is 553. The van der Waals surface area contributed by atoms with Gasteiger partial charge in [-0.2, -0.15) is 0 Å². The fraction of sp³-hybridized carbons (Fsp3) is 0.611. The van der Waals surface area contributed by atoms with E-state index >= 15 is 0 Å². The van der Waals surface area contributed by atoms with Crippen LogP contribution in [-0.2, 0) is 4.74 Å². The number of hydrogen-bond acceptors (Lipinski definition) is 4. The average Bonchev–Trinajstić information content (AvgIpc) is 3.11. The molecule has 2 amide bonds. The molecule has 3 heterocycles. The lowest BCUT2D eigenvalue weighted by Crippen LogP contribution is -2.52. The van der Waals surface area contributed by atoms with Crippen LogP contribution in [0.2, 0.25) is 0 Å². The monoisotopic (exact) mass is 349 g/mol. The van der Waals surface area contributed by atoms with Gasteiger partial charge in [-0.05, 0) is 31.2 Å². The molecule has 2 aliphatic heterocycles. The Hall–Kier alpha value is -1.37. The fourth-order valence-corrected chi connectivity index (χ4v) is 4.13. The van der Waals surface area contributed by atoms with Crippen LogP contribution < -0.4 is 5.32 Å². The fourth-order valence-electron chi connectivity index (χ4n) is 3.36. The van der Waals surface area contributed by atoms with E-state index in [-0.39, 0.29) is 18.2 Å². The number of amides is 2. The topological polar surface area (TPSA) is 44.8 Å². The normalized spacial score (nSPS) is 23.2. The lowest BCUT2D eigenvalue weighted by Gasteiger charge is -2.36. The lowest BCUT2D eigenvalue weighted by atomic mass is 10.0. The average molecular weight is 350 g/mol. The summed E-state index contributed by atoms with van der Waals surface area (Å²) in [6, 6.07) is 4.44. The van der Waals surface area contributed by atoms with Gasteiger partial charge in [0, 0.05) is 37.1 Å². The molecule has 2 fully saturated rings. The number of carbonyl (C=O) groups excluding carboxylic acids is 1. The first-order valence-electron chi connectivity index (χ1n) is 8.69. The first-order valence-corrected chi connectivity index (χ1v) is 9.57. The number of piperidine rings is 1. The third-order valence-electron chi connectivity index (χ3n) is 4.62. The van der Waals surface area contributed by atoms with Gasteiger partial charge in [0.15, 0.2) is 0 Å². The number of thiophene rings is 1. The lowest BCUT2D eigenvalue weighted by molar-refractivity contribution is -0.0141. The zero-order valence-electron chi connectivity index (χ0n) is 14.4. The third-order valence-corrected chi connectivity index (χ3v) is 5.59. The number of nitrogens with one attached hydrogen (secondary N) is 1. The minimum absolute atomic E-state index is 0.0157. The van der Waals surface area contributed by atoms with Crippen molar-refractivity contribution in [1.29, 1.82) is 0 Å². The maximum Gasteiger partial charge on any atom is 0.317 e. The molecule has 0 saturated carbocycles. The highest BCUT2D eigenvalue weighted by Gasteiger charge is 2.28. The van der Waals surface area contributed by atoms with Crippen molar-refractivity contribution in [1.82, 2.24) is 15.1 Å². The molecule has 3 rings (SSSR count). The molecule has 0 unspecified atom stereocenters. The van der Waals surface area contributed by atoms with E-state index in [9.17, 15) is 4.79 Å². The highest BCUT2D eigenvalue weighted by Crippen LogP contribution is 2.26. The molecule has 0 aromatic carbocycles. The summed E-state index contributed by atoms with van der Waals surface area (Å²) < 4.78 is 5.82. The van der Waals surface area contributed by atoms with Crippen LogP contribution in [-0.4, -0.2) is 61.2 Å². The van der Waals surface area contributed by atoms with Crippen molar-refractivity contribution < 1.29 is 9.53 Å². The number of morpholine rings is 1. The second kappa shape index (κ2) is 8.14. The number of rotatable bonds is 4. The van der Waals surface area contributed by atoms with E-state index in [1.54, 1.807) is 11.3 Å². The second-order valence-corrected chi connectivity index (χ2v) is 7.76. The Morgan fingerprint density at radius 3 is 2.88 bits per heavy atom. The van der Waals surface area contributed by atoms with E-state index in [1.165, 1.54) is 10.5 Å². The van der Waals surface area contributed by atoms with Gasteiger partial charge in [0.1, 0.15) is 6.10 Å². The molecule has 0 radical (unpaired) electrons. The van der Waals surface area contributed by atoms with Crippen LogP contribution in [0.4, 0.5) is 4.79 Å². The molecule has 1 aromatic rings. The van der Waals surface area contributed by atoms with Gasteiger partial charge in [0.2, 0.25) is 0 Å². The van der Waals surface area contributed by atoms with E-state index in [1.807, 2.05) is 11.0 Å². The molecule has 2 saturated heterocycles. The van der Waals surface area contributed by atoms with E-state index in [4.69, 9.17) is 4.74 Å². The second-order valence-electron chi connectivity index (χ2n) is 6.78. The highest BCUT2D eigenvalue weighted by atomic mass is 32.1. The van der Waals surface area contributed by atoms with Crippen molar-refractivity contribution >= 4 is 17.4 Å². The maximum atomic E-state index is 12.6. The van der Waals surface area contributed by atoms with Gasteiger partial charge >= 0.3 is 6.03 Å². The minimum Gasteiger partial charge on any atom is -0.369 e. The number of likely N-dealkylation sites (tertiary alicyclic amines) is 1. The third kappa shape index (κ3) is 4.59. The van der Waals surface area contributed by atoms with Gasteiger partial charge in [-0.25, -0.2) is 4.79 Å². The molecule has 1 aromatic heterocycles. The van der Waals surface area contributed by atoms with Crippen LogP contribution in [0.5, 0.6) is 0 Å². The van der Waals surface area contributed by atoms with Crippen LogP contribution >= 0.6 is 11.3 Å². The molecular weight excluding hydrogens is 322 g/mol. The van der Waals surface area contributed by atoms with Crippen LogP contribution in [0.15, 0.2) is 29.7 Å². The van der Waals surface area contributed by atoms with E-state index in [0.29, 0.717) is 19.7 Å². The summed E-state index contributed by atoms with van der Waals surface area (Å²) in [5.74, 6) is 0. The molecule has 0 aliphatic carbocycles. The van der Waals surface area contributed by atoms with Gasteiger partial charge in [0.25, 0.3) is 0 Å². The predicted octanol–water partition coefficient (Wildman–Crippen LogP) is 2.87. The smallest absolute Gasteiger partial charge is 0.317 e. The van der Waals surface area contributed by atoms with E-state index < -0.39 is 0 Å². The number of nitrogens with zero attached hydrogens (tertiary/aromatic N) is 2. The summed E-state index contributed by atoms with van der Waals surface area (Å²) in [5.41, 5.74) is 1.20. The van der Waals surface area contributed by atoms with Gasteiger partial charge in [-0.15, -0.1) is 11.3 Å². The number of ether oxygens (including phenoxy) is 1. The van der Waals surface area contributed by atoms with Crippen molar-refractivity contribution in [2.75, 3.05) is 39.3 Å². The Morgan fingerprint density at radius 2 is 2.21 bits per heavy atom. The first kappa shape index (κ1) is 17.5. The Kier molecular flexibility index (Phi) is 5.92. The minimum atomic E-state index is 0.0157. The van der Waals surface area contributed by atoms with Crippen molar-refractivity contribution in [3.8, 4) is 0 Å². The summed E-state index contributed by atoms with van der Waals surface area (Å²) in [6.07, 6.45) is 2.04. The van der Waals surface area contributed by atoms with E-state index in [0.717, 1.165) is 32.5 Å². The standard InChI is InChI=1S/C18H27N3O2S/c1-14(2)12-20-7-5-15(6-8-20)19-18(22)21-9-10-23-16(13-21)17-4-3-11-24-17/h3-4,11,15-16H,1,5-10,12-13H2,2H3,(H,19,22)/t16-/m0/s1. The predicted molar refractivity (Wildman–Crippen MR) is 97.4 cm³/mol. The summed E-state index contributed by atoms with van der Waals surface area (Å²) in [5, 5.41) is 5.27. The van der Waals surface area contributed by atoms with Crippen LogP contribution in [0, 0.1) is 0 Å². The molecule has 1 atom stereocenters. The van der Waals surface area contributed by atoms with Gasteiger partial charge in [-0.1, -0.05) is 18.2 Å². The Labute approximate surface area is 148 Å². The molecule has 2 aliphatic rings. The molecule has 24 heavy (non-hydrogen) atoms. The number of carbonyl (C=O) groups is 1.